The summed E-state index contributed by atoms with van der Waals surface area (Å²) in [6.07, 6.45) is 2.95. The number of pyridine rings is 2. The predicted octanol–water partition coefficient (Wildman–Crippen LogP) is 4.03. The van der Waals surface area contributed by atoms with Crippen LogP contribution in [0.15, 0.2) is 41.3 Å². The van der Waals surface area contributed by atoms with Gasteiger partial charge in [-0.2, -0.15) is 0 Å². The number of sulfonamides is 1. The van der Waals surface area contributed by atoms with Crippen LogP contribution in [0.3, 0.4) is 0 Å². The SMILES string of the molecule is Cc1ccc(-c2cc(C(C)(C)C)cc3cc(C(NS(C)(=O)=O)C4CNCC4(C)C)cnc23)c(=O)[nH]1. The minimum Gasteiger partial charge on any atom is -0.326 e. The maximum absolute atomic E-state index is 12.9. The van der Waals surface area contributed by atoms with E-state index in [-0.39, 0.29) is 22.3 Å². The molecule has 0 spiro atoms. The highest BCUT2D eigenvalue weighted by Gasteiger charge is 2.41. The smallest absolute Gasteiger partial charge is 0.256 e. The number of H-pyrrole nitrogens is 1. The van der Waals surface area contributed by atoms with Crippen molar-refractivity contribution in [1.29, 1.82) is 0 Å². The van der Waals surface area contributed by atoms with E-state index in [2.05, 4.69) is 55.7 Å². The van der Waals surface area contributed by atoms with Crippen LogP contribution in [0, 0.1) is 18.3 Å². The first-order valence-corrected chi connectivity index (χ1v) is 13.9. The average molecular weight is 497 g/mol. The summed E-state index contributed by atoms with van der Waals surface area (Å²) < 4.78 is 27.6. The van der Waals surface area contributed by atoms with Gasteiger partial charge < -0.3 is 10.3 Å². The number of rotatable bonds is 5. The Labute approximate surface area is 207 Å². The first kappa shape index (κ1) is 25.5. The fourth-order valence-electron chi connectivity index (χ4n) is 5.00. The second-order valence-corrected chi connectivity index (χ2v) is 13.4. The Morgan fingerprint density at radius 1 is 1.14 bits per heavy atom. The molecule has 2 unspecified atom stereocenters. The zero-order valence-electron chi connectivity index (χ0n) is 21.6. The number of fused-ring (bicyclic) bond motifs is 1. The van der Waals surface area contributed by atoms with Gasteiger partial charge in [0.1, 0.15) is 0 Å². The van der Waals surface area contributed by atoms with Crippen LogP contribution in [0.2, 0.25) is 0 Å². The molecular weight excluding hydrogens is 460 g/mol. The van der Waals surface area contributed by atoms with Crippen LogP contribution in [0.4, 0.5) is 0 Å². The molecule has 0 bridgehead atoms. The highest BCUT2D eigenvalue weighted by atomic mass is 32.2. The minimum atomic E-state index is -3.46. The molecule has 0 saturated carbocycles. The summed E-state index contributed by atoms with van der Waals surface area (Å²) in [6.45, 7) is 14.1. The third kappa shape index (κ3) is 5.34. The molecular formula is C27H36N4O3S. The topological polar surface area (TPSA) is 104 Å². The number of aromatic nitrogens is 2. The first-order chi connectivity index (χ1) is 16.2. The summed E-state index contributed by atoms with van der Waals surface area (Å²) >= 11 is 0. The summed E-state index contributed by atoms with van der Waals surface area (Å²) in [4.78, 5) is 20.6. The third-order valence-electron chi connectivity index (χ3n) is 7.07. The molecule has 0 amide bonds. The monoisotopic (exact) mass is 496 g/mol. The van der Waals surface area contributed by atoms with Crippen LogP contribution >= 0.6 is 0 Å². The second kappa shape index (κ2) is 8.84. The van der Waals surface area contributed by atoms with Crippen molar-refractivity contribution in [2.45, 2.75) is 53.0 Å². The van der Waals surface area contributed by atoms with Crippen molar-refractivity contribution in [3.63, 3.8) is 0 Å². The summed E-state index contributed by atoms with van der Waals surface area (Å²) in [7, 11) is -3.46. The van der Waals surface area contributed by atoms with Crippen molar-refractivity contribution in [3.05, 3.63) is 63.7 Å². The number of aromatic amines is 1. The molecule has 7 nitrogen and oxygen atoms in total. The Hall–Kier alpha value is -2.55. The van der Waals surface area contributed by atoms with E-state index in [1.54, 1.807) is 6.20 Å². The van der Waals surface area contributed by atoms with Gasteiger partial charge >= 0.3 is 0 Å². The molecule has 1 saturated heterocycles. The maximum Gasteiger partial charge on any atom is 0.256 e. The van der Waals surface area contributed by atoms with Crippen molar-refractivity contribution >= 4 is 20.9 Å². The standard InChI is InChI=1S/C27H36N4O3S/c1-16-8-9-20(25(32)30-16)21-12-19(26(2,3)4)11-17-10-18(13-29-23(17)21)24(31-35(7,33)34)22-14-28-15-27(22,5)6/h8-13,22,24,28,31H,14-15H2,1-7H3,(H,30,32). The fourth-order valence-corrected chi connectivity index (χ4v) is 5.76. The summed E-state index contributed by atoms with van der Waals surface area (Å²) in [5.74, 6) is 0.0571. The zero-order chi connectivity index (χ0) is 25.8. The normalized spacial score (nSPS) is 19.2. The number of hydrogen-bond acceptors (Lipinski definition) is 5. The zero-order valence-corrected chi connectivity index (χ0v) is 22.4. The molecule has 4 rings (SSSR count). The number of hydrogen-bond donors (Lipinski definition) is 3. The van der Waals surface area contributed by atoms with Gasteiger partial charge in [0.05, 0.1) is 17.8 Å². The molecule has 3 N–H and O–H groups in total. The second-order valence-electron chi connectivity index (χ2n) is 11.6. The van der Waals surface area contributed by atoms with E-state index in [9.17, 15) is 13.2 Å². The van der Waals surface area contributed by atoms with E-state index in [0.717, 1.165) is 39.8 Å². The molecule has 2 atom stereocenters. The van der Waals surface area contributed by atoms with Crippen LogP contribution in [0.5, 0.6) is 0 Å². The average Bonchev–Trinajstić information content (AvgIpc) is 3.08. The highest BCUT2D eigenvalue weighted by Crippen LogP contribution is 2.41. The molecule has 1 fully saturated rings. The number of nitrogens with one attached hydrogen (secondary N) is 3. The van der Waals surface area contributed by atoms with Gasteiger partial charge in [0.25, 0.3) is 5.56 Å². The van der Waals surface area contributed by atoms with Crippen LogP contribution in [0.25, 0.3) is 22.0 Å². The van der Waals surface area contributed by atoms with Crippen molar-refractivity contribution in [2.24, 2.45) is 11.3 Å². The first-order valence-electron chi connectivity index (χ1n) is 12.0. The van der Waals surface area contributed by atoms with E-state index in [4.69, 9.17) is 4.98 Å². The Morgan fingerprint density at radius 3 is 2.43 bits per heavy atom. The maximum atomic E-state index is 12.9. The van der Waals surface area contributed by atoms with Gasteiger partial charge in [-0.25, -0.2) is 13.1 Å². The Bertz CT molecular complexity index is 1440. The van der Waals surface area contributed by atoms with E-state index in [0.29, 0.717) is 12.1 Å². The van der Waals surface area contributed by atoms with Gasteiger partial charge in [-0.15, -0.1) is 0 Å². The van der Waals surface area contributed by atoms with Gasteiger partial charge in [-0.1, -0.05) is 34.6 Å². The lowest BCUT2D eigenvalue weighted by Gasteiger charge is -2.33. The minimum absolute atomic E-state index is 0.0571. The Kier molecular flexibility index (Phi) is 6.45. The van der Waals surface area contributed by atoms with Crippen molar-refractivity contribution in [3.8, 4) is 11.1 Å². The molecule has 1 aromatic carbocycles. The van der Waals surface area contributed by atoms with Crippen LogP contribution < -0.4 is 15.6 Å². The molecule has 0 radical (unpaired) electrons. The highest BCUT2D eigenvalue weighted by molar-refractivity contribution is 7.88. The number of benzene rings is 1. The summed E-state index contributed by atoms with van der Waals surface area (Å²) in [5, 5.41) is 4.30. The third-order valence-corrected chi connectivity index (χ3v) is 7.75. The Morgan fingerprint density at radius 2 is 1.86 bits per heavy atom. The summed E-state index contributed by atoms with van der Waals surface area (Å²) in [5.41, 5.74) is 4.36. The fraction of sp³-hybridized carbons (Fsp3) is 0.481. The van der Waals surface area contributed by atoms with Gasteiger partial charge in [0, 0.05) is 41.5 Å². The molecule has 35 heavy (non-hydrogen) atoms. The molecule has 1 aliphatic heterocycles. The van der Waals surface area contributed by atoms with E-state index < -0.39 is 16.1 Å². The summed E-state index contributed by atoms with van der Waals surface area (Å²) in [6, 6.07) is 9.49. The van der Waals surface area contributed by atoms with Crippen molar-refractivity contribution in [2.75, 3.05) is 19.3 Å². The molecule has 2 aromatic heterocycles. The lowest BCUT2D eigenvalue weighted by atomic mass is 9.76. The lowest BCUT2D eigenvalue weighted by Crippen LogP contribution is -2.38. The van der Waals surface area contributed by atoms with Crippen LogP contribution in [-0.2, 0) is 15.4 Å². The molecule has 3 aromatic rings. The van der Waals surface area contributed by atoms with Crippen molar-refractivity contribution < 1.29 is 8.42 Å². The van der Waals surface area contributed by atoms with Crippen LogP contribution in [0.1, 0.15) is 57.5 Å². The molecule has 0 aliphatic carbocycles. The van der Waals surface area contributed by atoms with Gasteiger partial charge in [-0.05, 0) is 65.1 Å². The van der Waals surface area contributed by atoms with Gasteiger partial charge in [-0.3, -0.25) is 9.78 Å². The molecule has 3 heterocycles. The molecule has 8 heteroatoms. The lowest BCUT2D eigenvalue weighted by molar-refractivity contribution is 0.237. The quantitative estimate of drug-likeness (QED) is 0.495. The number of nitrogens with zero attached hydrogens (tertiary/aromatic N) is 1. The van der Waals surface area contributed by atoms with E-state index in [1.165, 1.54) is 6.26 Å². The Balaban J connectivity index is 1.95. The largest absolute Gasteiger partial charge is 0.326 e. The van der Waals surface area contributed by atoms with Crippen LogP contribution in [-0.4, -0.2) is 37.7 Å². The molecule has 188 valence electrons. The van der Waals surface area contributed by atoms with E-state index in [1.807, 2.05) is 31.2 Å². The van der Waals surface area contributed by atoms with Gasteiger partial charge in [0.15, 0.2) is 0 Å². The number of aryl methyl sites for hydroxylation is 1. The van der Waals surface area contributed by atoms with Gasteiger partial charge in [0.2, 0.25) is 10.0 Å². The van der Waals surface area contributed by atoms with E-state index >= 15 is 0 Å². The predicted molar refractivity (Wildman–Crippen MR) is 142 cm³/mol. The van der Waals surface area contributed by atoms with Crippen molar-refractivity contribution in [1.82, 2.24) is 20.0 Å². The molecule has 1 aliphatic rings.